The molecule has 0 unspecified atom stereocenters. The molecule has 7 fully saturated rings. The van der Waals surface area contributed by atoms with Crippen LogP contribution < -0.4 is 70.8 Å². The molecule has 3 aliphatic heterocycles. The first kappa shape index (κ1) is 102. The summed E-state index contributed by atoms with van der Waals surface area (Å²) in [5.74, 6) is 10.3. The summed E-state index contributed by atoms with van der Waals surface area (Å²) in [6.45, 7) is 12.9. The highest BCUT2D eigenvalue weighted by Crippen LogP contribution is 2.45. The van der Waals surface area contributed by atoms with E-state index in [1.807, 2.05) is 108 Å². The first-order valence-corrected chi connectivity index (χ1v) is 52.7. The fourth-order valence-corrected chi connectivity index (χ4v) is 21.0. The Labute approximate surface area is 850 Å². The average molecular weight is 1990 g/mol. The van der Waals surface area contributed by atoms with E-state index in [4.69, 9.17) is 24.9 Å². The van der Waals surface area contributed by atoms with E-state index in [0.717, 1.165) is 279 Å². The number of piperidine rings is 3. The van der Waals surface area contributed by atoms with Crippen molar-refractivity contribution < 1.29 is 44.5 Å². The Morgan fingerprint density at radius 1 is 0.336 bits per heavy atom. The Morgan fingerprint density at radius 3 is 0.979 bits per heavy atom. The second-order valence-electron chi connectivity index (χ2n) is 39.5. The molecule has 0 amide bonds. The maximum absolute atomic E-state index is 11.6. The van der Waals surface area contributed by atoms with Crippen molar-refractivity contribution in [2.75, 3.05) is 105 Å². The average Bonchev–Trinajstić information content (AvgIpc) is 1.61. The number of nitrogens with zero attached hydrogens (tertiary/aromatic N) is 23. The molecule has 7 aliphatic rings. The van der Waals surface area contributed by atoms with E-state index in [1.165, 1.54) is 100 Å². The minimum atomic E-state index is 0.185. The van der Waals surface area contributed by atoms with E-state index >= 15 is 0 Å². The molecule has 18 heterocycles. The summed E-state index contributed by atoms with van der Waals surface area (Å²) < 4.78 is 12.5. The quantitative estimate of drug-likeness (QED) is 0.0130. The van der Waals surface area contributed by atoms with Crippen LogP contribution in [0.25, 0.3) is 28.2 Å². The fourth-order valence-electron chi connectivity index (χ4n) is 21.0. The van der Waals surface area contributed by atoms with Crippen molar-refractivity contribution in [3.8, 4) is 0 Å². The number of hydrogen-bond donors (Lipinski definition) is 12. The van der Waals surface area contributed by atoms with Gasteiger partial charge in [-0.3, -0.25) is 4.98 Å². The monoisotopic (exact) mass is 1990 g/mol. The first-order chi connectivity index (χ1) is 71.6. The fraction of sp³-hybridized carbons (Fsp3) is 0.486. The number of aromatic nitrogens is 20. The zero-order valence-electron chi connectivity index (χ0n) is 84.0. The molecule has 15 aromatic heterocycles. The van der Waals surface area contributed by atoms with Gasteiger partial charge in [-0.05, 0) is 195 Å². The van der Waals surface area contributed by atoms with Crippen molar-refractivity contribution in [2.24, 2.45) is 11.8 Å². The number of nitrogens with one attached hydrogen (secondary N) is 7. The van der Waals surface area contributed by atoms with Crippen molar-refractivity contribution in [1.29, 1.82) is 0 Å². The molecule has 3 saturated heterocycles. The highest BCUT2D eigenvalue weighted by molar-refractivity contribution is 5.67. The summed E-state index contributed by atoms with van der Waals surface area (Å²) in [4.78, 5) is 35.9. The molecule has 22 rings (SSSR count). The van der Waals surface area contributed by atoms with Crippen LogP contribution in [-0.4, -0.2) is 186 Å². The molecular weight excluding hydrogens is 1850 g/mol. The van der Waals surface area contributed by atoms with Crippen LogP contribution in [-0.2, 0) is 52.0 Å². The number of aliphatic hydroxyl groups excluding tert-OH is 5. The lowest BCUT2D eigenvalue weighted by Crippen LogP contribution is -2.40. The largest absolute Gasteiger partial charge is 0.619 e. The van der Waals surface area contributed by atoms with Gasteiger partial charge < -0.3 is 98.3 Å². The number of hydrogen-bond acceptors (Lipinski definition) is 30. The van der Waals surface area contributed by atoms with Crippen molar-refractivity contribution in [1.82, 2.24) is 78.0 Å². The molecule has 4 aliphatic carbocycles. The molecule has 772 valence electrons. The van der Waals surface area contributed by atoms with E-state index in [9.17, 15) is 46.4 Å². The zero-order chi connectivity index (χ0) is 101. The van der Waals surface area contributed by atoms with Gasteiger partial charge in [0.2, 0.25) is 0 Å². The summed E-state index contributed by atoms with van der Waals surface area (Å²) in [6, 6.07) is 30.2. The molecule has 39 nitrogen and oxygen atoms in total. The lowest BCUT2D eigenvalue weighted by molar-refractivity contribution is -0.606. The number of rotatable bonds is 35. The van der Waals surface area contributed by atoms with Crippen LogP contribution in [0.15, 0.2) is 184 Å². The predicted molar refractivity (Wildman–Crippen MR) is 562 cm³/mol. The number of fused-ring (bicyclic) bond motifs is 5. The van der Waals surface area contributed by atoms with E-state index in [2.05, 4.69) is 121 Å². The maximum Gasteiger partial charge on any atom is 0.185 e. The highest BCUT2D eigenvalue weighted by atomic mass is 16.5. The molecule has 4 saturated carbocycles. The molecule has 12 N–H and O–H groups in total. The molecular formula is C107H140N30O9. The van der Waals surface area contributed by atoms with Crippen LogP contribution in [0.5, 0.6) is 0 Å². The Balaban J connectivity index is 0.000000120. The van der Waals surface area contributed by atoms with Crippen molar-refractivity contribution in [3.05, 3.63) is 260 Å². The normalized spacial score (nSPS) is 19.0. The topological polar surface area (TPSA) is 467 Å². The highest BCUT2D eigenvalue weighted by Gasteiger charge is 2.35. The molecule has 15 aromatic rings. The third-order valence-corrected chi connectivity index (χ3v) is 29.3. The van der Waals surface area contributed by atoms with Gasteiger partial charge in [0.05, 0.1) is 31.0 Å². The molecule has 146 heavy (non-hydrogen) atoms. The standard InChI is InChI=1S/2C22H28N6O2.2C21H28N6O2.C21H28N6O/c29-11-8-18-5-1-2-10-27(18)21-12-20(23-13-16-4-3-9-26(30)15-16)28-22(25-21)19(14-24-28)17-6-7-17;29-14-17-5-1-2-6-19(17)25-20-10-21(23-11-15-4-3-9-27(30)13-15)28-22(26-20)18(12-24-28)16-7-8-16;1-2-17-14-23-27-19(22-13-16-6-5-9-25(29)15-16)12-20(24-21(17)27)26-10-4-3-7-18(26)8-11-28;1-2-16-12-23-27-20(22-11-15-6-5-9-26(29)13-15)10-19(25-21(16)27)24-18-8-4-3-7-17(18)14-28;1-2-17-15-24-27-19(23-14-16-6-5-9-22-13-16)12-20(25-21(17)27)26-10-4-3-7-18(26)8-11-28/h3-4,9,12,14-15,17-18,23,29H,1-2,5-8,10-11,13H2;3-4,9-10,12-13,16-17,19,23,29H,1-2,5-8,11,14H2,(H,25,26);5-6,9,12,14-15,18,22,28H,2-4,7-8,10-11,13H2,1H3;5-6,9-10,12-13,17-18,22,28H,2-4,7-8,11,14H2,1H3,(H,24,25);5-6,9,12-13,15,18,23,28H,2-4,7-8,10-11,14H2,1H3/t18-;17-,19-;18-;17-,18-;18-/m00000/s1. The lowest BCUT2D eigenvalue weighted by Gasteiger charge is -2.36. The Kier molecular flexibility index (Phi) is 34.3. The van der Waals surface area contributed by atoms with Gasteiger partial charge in [0, 0.05) is 244 Å². The first-order valence-electron chi connectivity index (χ1n) is 52.7. The van der Waals surface area contributed by atoms with Gasteiger partial charge >= 0.3 is 0 Å². The summed E-state index contributed by atoms with van der Waals surface area (Å²) in [7, 11) is 0. The van der Waals surface area contributed by atoms with E-state index in [0.29, 0.717) is 62.7 Å². The number of anilines is 10. The summed E-state index contributed by atoms with van der Waals surface area (Å²) in [5.41, 5.74) is 14.8. The Morgan fingerprint density at radius 2 is 0.644 bits per heavy atom. The van der Waals surface area contributed by atoms with Crippen LogP contribution >= 0.6 is 0 Å². The molecule has 0 bridgehead atoms. The van der Waals surface area contributed by atoms with Crippen molar-refractivity contribution in [2.45, 2.75) is 269 Å². The summed E-state index contributed by atoms with van der Waals surface area (Å²) >= 11 is 0. The van der Waals surface area contributed by atoms with E-state index in [1.54, 1.807) is 55.2 Å². The predicted octanol–water partition coefficient (Wildman–Crippen LogP) is 13.2. The van der Waals surface area contributed by atoms with Gasteiger partial charge in [-0.25, -0.2) is 24.9 Å². The third-order valence-electron chi connectivity index (χ3n) is 29.3. The molecule has 39 heteroatoms. The van der Waals surface area contributed by atoms with Crippen LogP contribution in [0.3, 0.4) is 0 Å². The minimum Gasteiger partial charge on any atom is -0.619 e. The van der Waals surface area contributed by atoms with Crippen molar-refractivity contribution in [3.63, 3.8) is 0 Å². The molecule has 0 spiro atoms. The van der Waals surface area contributed by atoms with Gasteiger partial charge in [-0.1, -0.05) is 52.5 Å². The SMILES string of the molecule is CCc1cnn2c(NCc3ccc[n+]([O-])c3)cc(N3CCCC[C@H]3CCO)nc12.CCc1cnn2c(NCc3ccc[n+]([O-])c3)cc(N[C@H]3CCCC[C@H]3CO)nc12.CCc1cnn2c(NCc3cccnc3)cc(N3CCCC[C@H]3CCO)nc12.[O-][n+]1cccc(CNc2cc(N3CCCC[C@H]3CCO)nc3c(C4CC4)cnn23)c1.[O-][n+]1cccc(CNc2cc(N[C@H]3CCCC[C@H]3CO)nc3c(C4CC4)cnn23)c1. The van der Waals surface area contributed by atoms with Gasteiger partial charge in [-0.2, -0.15) is 67.0 Å². The molecule has 7 atom stereocenters. The smallest absolute Gasteiger partial charge is 0.185 e. The zero-order valence-corrected chi connectivity index (χ0v) is 84.0. The van der Waals surface area contributed by atoms with Gasteiger partial charge in [0.15, 0.2) is 77.8 Å². The number of aliphatic hydroxyl groups is 5. The lowest BCUT2D eigenvalue weighted by atomic mass is 9.85. The number of pyridine rings is 5. The third kappa shape index (κ3) is 25.3. The maximum atomic E-state index is 11.6. The van der Waals surface area contributed by atoms with E-state index in [-0.39, 0.29) is 57.0 Å². The molecule has 0 radical (unpaired) electrons. The number of aryl methyl sites for hydroxylation is 3. The van der Waals surface area contributed by atoms with Crippen molar-refractivity contribution >= 4 is 86.4 Å². The van der Waals surface area contributed by atoms with Crippen LogP contribution in [0.2, 0.25) is 0 Å². The summed E-state index contributed by atoms with van der Waals surface area (Å²) in [6.07, 6.45) is 54.1. The van der Waals surface area contributed by atoms with Gasteiger partial charge in [0.25, 0.3) is 0 Å². The van der Waals surface area contributed by atoms with Crippen LogP contribution in [0.4, 0.5) is 58.2 Å². The minimum absolute atomic E-state index is 0.185. The second kappa shape index (κ2) is 49.2. The van der Waals surface area contributed by atoms with Gasteiger partial charge in [0.1, 0.15) is 58.2 Å². The van der Waals surface area contributed by atoms with E-state index < -0.39 is 0 Å². The Hall–Kier alpha value is -14.2. The van der Waals surface area contributed by atoms with Gasteiger partial charge in [-0.15, -0.1) is 0 Å². The Bertz CT molecular complexity index is 6760. The molecule has 0 aromatic carbocycles. The van der Waals surface area contributed by atoms with Crippen LogP contribution in [0.1, 0.15) is 242 Å². The summed E-state index contributed by atoms with van der Waals surface area (Å²) in [5, 5.41) is 141. The second-order valence-corrected chi connectivity index (χ2v) is 39.5. The van der Waals surface area contributed by atoms with Crippen LogP contribution in [0, 0.1) is 32.7 Å².